The van der Waals surface area contributed by atoms with E-state index in [4.69, 9.17) is 4.52 Å². The van der Waals surface area contributed by atoms with Crippen LogP contribution in [0.5, 0.6) is 0 Å². The minimum atomic E-state index is -4.46. The van der Waals surface area contributed by atoms with Gasteiger partial charge in [0.1, 0.15) is 16.3 Å². The molecule has 0 bridgehead atoms. The van der Waals surface area contributed by atoms with Gasteiger partial charge >= 0.3 is 6.18 Å². The summed E-state index contributed by atoms with van der Waals surface area (Å²) in [6, 6.07) is 5.40. The molecule has 198 valence electrons. The van der Waals surface area contributed by atoms with Gasteiger partial charge in [-0.15, -0.1) is 11.8 Å². The third-order valence-electron chi connectivity index (χ3n) is 6.17. The summed E-state index contributed by atoms with van der Waals surface area (Å²) in [6.07, 6.45) is 1.81. The van der Waals surface area contributed by atoms with Crippen molar-refractivity contribution in [2.45, 2.75) is 35.9 Å². The van der Waals surface area contributed by atoms with Crippen LogP contribution < -0.4 is 10.6 Å². The van der Waals surface area contributed by atoms with Crippen LogP contribution in [0.1, 0.15) is 24.2 Å². The van der Waals surface area contributed by atoms with Crippen LogP contribution >= 0.6 is 11.8 Å². The molecule has 14 heteroatoms. The van der Waals surface area contributed by atoms with Gasteiger partial charge in [-0.25, -0.2) is 14.4 Å². The highest BCUT2D eigenvalue weighted by Crippen LogP contribution is 2.59. The van der Waals surface area contributed by atoms with Crippen molar-refractivity contribution in [1.29, 1.82) is 0 Å². The molecule has 1 fully saturated rings. The van der Waals surface area contributed by atoms with E-state index in [0.717, 1.165) is 16.8 Å². The molecule has 0 saturated heterocycles. The molecule has 0 unspecified atom stereocenters. The van der Waals surface area contributed by atoms with Crippen LogP contribution in [0.15, 0.2) is 52.4 Å². The van der Waals surface area contributed by atoms with Gasteiger partial charge in [-0.1, -0.05) is 17.3 Å². The molecule has 2 N–H and O–H groups in total. The lowest BCUT2D eigenvalue weighted by Crippen LogP contribution is -2.28. The summed E-state index contributed by atoms with van der Waals surface area (Å²) >= 11 is 1.48. The molecule has 9 nitrogen and oxygen atoms in total. The summed E-state index contributed by atoms with van der Waals surface area (Å²) in [5.74, 6) is -1.42. The minimum absolute atomic E-state index is 0.0929. The Morgan fingerprint density at radius 3 is 2.55 bits per heavy atom. The number of carbonyl (C=O) groups excluding carboxylic acids is 1. The molecule has 1 aliphatic rings. The number of amides is 1. The fourth-order valence-electron chi connectivity index (χ4n) is 3.95. The van der Waals surface area contributed by atoms with Gasteiger partial charge in [-0.05, 0) is 36.3 Å². The second-order valence-electron chi connectivity index (χ2n) is 8.83. The highest BCUT2D eigenvalue weighted by atomic mass is 32.2. The van der Waals surface area contributed by atoms with Crippen molar-refractivity contribution in [2.24, 2.45) is 7.05 Å². The third-order valence-corrected chi connectivity index (χ3v) is 6.85. The molecule has 5 rings (SSSR count). The number of thioether (sulfide) groups is 1. The molecule has 0 spiro atoms. The van der Waals surface area contributed by atoms with Crippen LogP contribution in [0, 0.1) is 5.82 Å². The first-order chi connectivity index (χ1) is 18.1. The maximum atomic E-state index is 14.8. The normalized spacial score (nSPS) is 14.4. The second-order valence-corrected chi connectivity index (χ2v) is 9.63. The zero-order chi connectivity index (χ0) is 27.1. The van der Waals surface area contributed by atoms with E-state index in [1.54, 1.807) is 29.3 Å². The molecule has 1 amide bonds. The van der Waals surface area contributed by atoms with E-state index in [1.807, 2.05) is 13.3 Å². The highest BCUT2D eigenvalue weighted by Gasteiger charge is 2.66. The molecule has 38 heavy (non-hydrogen) atoms. The molecule has 0 aliphatic heterocycles. The smallest absolute Gasteiger partial charge is 0.358 e. The fraction of sp³-hybridized carbons (Fsp3) is 0.292. The topological polar surface area (TPSA) is 111 Å². The predicted octanol–water partition coefficient (Wildman–Crippen LogP) is 5.24. The number of halogens is 4. The zero-order valence-electron chi connectivity index (χ0n) is 20.1. The number of hydrogen-bond donors (Lipinski definition) is 2. The summed E-state index contributed by atoms with van der Waals surface area (Å²) in [7, 11) is 1.81. The molecule has 1 aromatic carbocycles. The van der Waals surface area contributed by atoms with Gasteiger partial charge < -0.3 is 15.2 Å². The summed E-state index contributed by atoms with van der Waals surface area (Å²) in [6.45, 7) is 0. The summed E-state index contributed by atoms with van der Waals surface area (Å²) in [5.41, 5.74) is -0.109. The number of nitrogens with zero attached hydrogens (tertiary/aromatic N) is 5. The van der Waals surface area contributed by atoms with E-state index in [0.29, 0.717) is 17.1 Å². The van der Waals surface area contributed by atoms with Gasteiger partial charge in [-0.3, -0.25) is 9.48 Å². The molecule has 1 saturated carbocycles. The van der Waals surface area contributed by atoms with Gasteiger partial charge in [0.25, 0.3) is 0 Å². The van der Waals surface area contributed by atoms with Crippen molar-refractivity contribution in [2.75, 3.05) is 16.9 Å². The maximum Gasteiger partial charge on any atom is 0.401 e. The number of hydrogen-bond acceptors (Lipinski definition) is 8. The van der Waals surface area contributed by atoms with Crippen molar-refractivity contribution in [3.63, 3.8) is 0 Å². The van der Waals surface area contributed by atoms with Crippen LogP contribution in [-0.4, -0.2) is 43.2 Å². The lowest BCUT2D eigenvalue weighted by molar-refractivity contribution is -0.165. The van der Waals surface area contributed by atoms with Crippen molar-refractivity contribution in [3.05, 3.63) is 60.0 Å². The Morgan fingerprint density at radius 2 is 1.92 bits per heavy atom. The number of rotatable bonds is 8. The van der Waals surface area contributed by atoms with E-state index in [-0.39, 0.29) is 36.4 Å². The second kappa shape index (κ2) is 9.74. The molecule has 1 aliphatic carbocycles. The average Bonchev–Trinajstić information content (AvgIpc) is 3.45. The van der Waals surface area contributed by atoms with E-state index < -0.39 is 23.3 Å². The van der Waals surface area contributed by atoms with Crippen molar-refractivity contribution in [1.82, 2.24) is 24.9 Å². The first-order valence-corrected chi connectivity index (χ1v) is 12.6. The number of aryl methyl sites for hydroxylation is 1. The molecular formula is C24H21F4N7O2S. The van der Waals surface area contributed by atoms with E-state index in [2.05, 4.69) is 30.9 Å². The lowest BCUT2D eigenvalue weighted by Gasteiger charge is -2.14. The van der Waals surface area contributed by atoms with Gasteiger partial charge in [0.05, 0.1) is 12.1 Å². The first-order valence-electron chi connectivity index (χ1n) is 11.4. The standard InChI is InChI=1S/C24H21F4N7O2S/c1-35-12-17(21(33-35)38-2)31-22-29-10-15(11-30-22)13-3-4-14(16(25)7-13)8-20(36)32-19-9-18(37-34-19)23(5-6-23)24(26,27)28/h3-4,7,9-12H,5-6,8H2,1-2H3,(H,29,30,31)(H,32,34,36). The Kier molecular flexibility index (Phi) is 6.59. The van der Waals surface area contributed by atoms with Crippen molar-refractivity contribution in [3.8, 4) is 11.1 Å². The van der Waals surface area contributed by atoms with Gasteiger partial charge in [-0.2, -0.15) is 18.3 Å². The number of anilines is 3. The zero-order valence-corrected chi connectivity index (χ0v) is 21.0. The Labute approximate surface area is 218 Å². The molecular weight excluding hydrogens is 526 g/mol. The van der Waals surface area contributed by atoms with Crippen LogP contribution in [-0.2, 0) is 23.7 Å². The maximum absolute atomic E-state index is 14.8. The van der Waals surface area contributed by atoms with Crippen LogP contribution in [0.4, 0.5) is 35.0 Å². The average molecular weight is 548 g/mol. The fourth-order valence-corrected chi connectivity index (χ4v) is 4.49. The number of benzene rings is 1. The molecule has 3 heterocycles. The quantitative estimate of drug-likeness (QED) is 0.228. The predicted molar refractivity (Wildman–Crippen MR) is 132 cm³/mol. The Bertz CT molecular complexity index is 1480. The van der Waals surface area contributed by atoms with Gasteiger partial charge in [0.15, 0.2) is 11.6 Å². The Morgan fingerprint density at radius 1 is 1.18 bits per heavy atom. The van der Waals surface area contributed by atoms with Crippen molar-refractivity contribution < 1.29 is 26.9 Å². The Balaban J connectivity index is 1.22. The first kappa shape index (κ1) is 25.7. The van der Waals surface area contributed by atoms with Crippen LogP contribution in [0.2, 0.25) is 0 Å². The SMILES string of the molecule is CSc1nn(C)cc1Nc1ncc(-c2ccc(CC(=O)Nc3cc(C4(C(F)(F)F)CC4)on3)c(F)c2)cn1. The van der Waals surface area contributed by atoms with Crippen molar-refractivity contribution >= 4 is 35.1 Å². The van der Waals surface area contributed by atoms with Gasteiger partial charge in [0, 0.05) is 37.3 Å². The van der Waals surface area contributed by atoms with E-state index in [9.17, 15) is 22.4 Å². The van der Waals surface area contributed by atoms with E-state index in [1.165, 1.54) is 23.9 Å². The van der Waals surface area contributed by atoms with Gasteiger partial charge in [0.2, 0.25) is 11.9 Å². The Hall–Kier alpha value is -3.94. The highest BCUT2D eigenvalue weighted by molar-refractivity contribution is 7.98. The van der Waals surface area contributed by atoms with Crippen LogP contribution in [0.25, 0.3) is 11.1 Å². The minimum Gasteiger partial charge on any atom is -0.358 e. The number of carbonyl (C=O) groups is 1. The monoisotopic (exact) mass is 547 g/mol. The third kappa shape index (κ3) is 5.08. The van der Waals surface area contributed by atoms with Crippen LogP contribution in [0.3, 0.4) is 0 Å². The summed E-state index contributed by atoms with van der Waals surface area (Å²) in [5, 5.41) is 14.1. The summed E-state index contributed by atoms with van der Waals surface area (Å²) in [4.78, 5) is 20.9. The number of aromatic nitrogens is 5. The number of nitrogens with one attached hydrogen (secondary N) is 2. The lowest BCUT2D eigenvalue weighted by atomic mass is 10.0. The molecule has 3 aromatic heterocycles. The molecule has 0 atom stereocenters. The number of alkyl halides is 3. The summed E-state index contributed by atoms with van der Waals surface area (Å²) < 4.78 is 61.0. The van der Waals surface area contributed by atoms with E-state index >= 15 is 0 Å². The molecule has 4 aromatic rings. The largest absolute Gasteiger partial charge is 0.401 e. The molecule has 0 radical (unpaired) electrons.